The van der Waals surface area contributed by atoms with Crippen molar-refractivity contribution < 1.29 is 19.4 Å². The van der Waals surface area contributed by atoms with Gasteiger partial charge in [-0.1, -0.05) is 112 Å². The van der Waals surface area contributed by atoms with Crippen molar-refractivity contribution in [3.05, 3.63) is 95.1 Å². The molecule has 1 spiro atoms. The highest BCUT2D eigenvalue weighted by molar-refractivity contribution is 5.77. The molecule has 3 aromatic rings. The molecule has 1 amide bonds. The Hall–Kier alpha value is -3.35. The first kappa shape index (κ1) is 34.4. The number of hydrogen-bond donors (Lipinski definition) is 1. The fourth-order valence-electron chi connectivity index (χ4n) is 11.7. The number of carbonyl (C=O) groups excluding carboxylic acids is 1. The van der Waals surface area contributed by atoms with Crippen LogP contribution in [0.5, 0.6) is 11.5 Å². The van der Waals surface area contributed by atoms with Gasteiger partial charge in [0.1, 0.15) is 6.10 Å². The fraction of sp³-hybridized carbons (Fsp3) is 0.587. The molecule has 2 heterocycles. The standard InChI is InChI=1S/C46H58N2O4/c1-51-41-24-21-34-27-39-37-22-23-38(45-46(37,43(34)44(41)52-45)25-26-47(39)29-35-28-40(35)49)48(42(50)20-12-11-15-31-13-5-2-6-14-31)30-36(32-16-7-3-8-17-32)33-18-9-4-10-19-33/h3-4,7-10,16-19,21,24,31,35-40,45,49H,2,5-6,11-15,20,22-23,25-30H2,1H3/t35?,37-,38+,39+,40?,45-,46-/m0/s1. The SMILES string of the molecule is COc1ccc2c3c1O[C@H]1[C@H](N(CC(c4ccccc4)c4ccccc4)C(=O)CCCCC4CCCCC4)CC[C@H]4[C@@H](C2)N(CC2CC2O)CC[C@@]341. The summed E-state index contributed by atoms with van der Waals surface area (Å²) in [5.41, 5.74) is 5.15. The fourth-order valence-corrected chi connectivity index (χ4v) is 11.7. The molecule has 4 fully saturated rings. The van der Waals surface area contributed by atoms with Gasteiger partial charge in [-0.3, -0.25) is 9.69 Å². The van der Waals surface area contributed by atoms with Crippen LogP contribution in [0, 0.1) is 17.8 Å². The first-order valence-corrected chi connectivity index (χ1v) is 20.7. The number of amides is 1. The molecule has 6 aliphatic rings. The molecule has 9 rings (SSSR count). The summed E-state index contributed by atoms with van der Waals surface area (Å²) >= 11 is 0. The highest BCUT2D eigenvalue weighted by Gasteiger charge is 2.67. The average molecular weight is 703 g/mol. The van der Waals surface area contributed by atoms with E-state index in [1.165, 1.54) is 60.8 Å². The predicted molar refractivity (Wildman–Crippen MR) is 205 cm³/mol. The van der Waals surface area contributed by atoms with Gasteiger partial charge in [0.05, 0.1) is 19.3 Å². The third-order valence-corrected chi connectivity index (χ3v) is 14.4. The summed E-state index contributed by atoms with van der Waals surface area (Å²) < 4.78 is 13.3. The second-order valence-corrected chi connectivity index (χ2v) is 17.2. The molecule has 6 heteroatoms. The van der Waals surface area contributed by atoms with Gasteiger partial charge in [0.25, 0.3) is 0 Å². The Morgan fingerprint density at radius 2 is 1.69 bits per heavy atom. The number of piperidine rings is 1. The number of likely N-dealkylation sites (tertiary alicyclic amines) is 1. The molecule has 2 unspecified atom stereocenters. The number of aliphatic hydroxyl groups is 1. The van der Waals surface area contributed by atoms with Gasteiger partial charge in [0.2, 0.25) is 5.91 Å². The van der Waals surface area contributed by atoms with E-state index in [0.29, 0.717) is 36.8 Å². The summed E-state index contributed by atoms with van der Waals surface area (Å²) in [6, 6.07) is 26.5. The van der Waals surface area contributed by atoms with Crippen LogP contribution < -0.4 is 9.47 Å². The molecule has 52 heavy (non-hydrogen) atoms. The Morgan fingerprint density at radius 1 is 0.962 bits per heavy atom. The van der Waals surface area contributed by atoms with Crippen LogP contribution in [0.1, 0.15) is 112 Å². The number of rotatable bonds is 13. The van der Waals surface area contributed by atoms with E-state index in [9.17, 15) is 9.90 Å². The lowest BCUT2D eigenvalue weighted by molar-refractivity contribution is -0.143. The Labute approximate surface area is 310 Å². The summed E-state index contributed by atoms with van der Waals surface area (Å²) in [6.07, 6.45) is 15.6. The predicted octanol–water partition coefficient (Wildman–Crippen LogP) is 8.29. The molecule has 2 bridgehead atoms. The maximum absolute atomic E-state index is 14.9. The van der Waals surface area contributed by atoms with E-state index in [1.807, 2.05) is 0 Å². The number of hydrogen-bond acceptors (Lipinski definition) is 5. The molecule has 3 saturated carbocycles. The zero-order valence-corrected chi connectivity index (χ0v) is 31.1. The van der Waals surface area contributed by atoms with Crippen molar-refractivity contribution in [1.29, 1.82) is 0 Å². The highest BCUT2D eigenvalue weighted by Crippen LogP contribution is 2.64. The summed E-state index contributed by atoms with van der Waals surface area (Å²) in [4.78, 5) is 20.0. The van der Waals surface area contributed by atoms with Crippen LogP contribution in [0.3, 0.4) is 0 Å². The average Bonchev–Trinajstić information content (AvgIpc) is 3.77. The molecule has 7 atom stereocenters. The number of methoxy groups -OCH3 is 1. The summed E-state index contributed by atoms with van der Waals surface area (Å²) in [6.45, 7) is 2.65. The van der Waals surface area contributed by atoms with Crippen LogP contribution in [0.25, 0.3) is 0 Å². The molecule has 0 aromatic heterocycles. The number of aliphatic hydroxyl groups excluding tert-OH is 1. The molecule has 1 N–H and O–H groups in total. The van der Waals surface area contributed by atoms with Crippen molar-refractivity contribution in [2.45, 2.75) is 126 Å². The van der Waals surface area contributed by atoms with Crippen LogP contribution in [0.2, 0.25) is 0 Å². The monoisotopic (exact) mass is 702 g/mol. The molecular formula is C46H58N2O4. The lowest BCUT2D eigenvalue weighted by Crippen LogP contribution is -2.69. The van der Waals surface area contributed by atoms with E-state index in [2.05, 4.69) is 82.6 Å². The Bertz CT molecular complexity index is 1670. The molecule has 0 radical (unpaired) electrons. The molecule has 2 aliphatic heterocycles. The number of carbonyl (C=O) groups is 1. The van der Waals surface area contributed by atoms with Crippen LogP contribution in [0.4, 0.5) is 0 Å². The summed E-state index contributed by atoms with van der Waals surface area (Å²) in [7, 11) is 1.76. The van der Waals surface area contributed by atoms with Gasteiger partial charge >= 0.3 is 0 Å². The Morgan fingerprint density at radius 3 is 2.38 bits per heavy atom. The van der Waals surface area contributed by atoms with Crippen LogP contribution in [-0.2, 0) is 16.6 Å². The Balaban J connectivity index is 1.06. The lowest BCUT2D eigenvalue weighted by atomic mass is 9.51. The number of benzene rings is 3. The van der Waals surface area contributed by atoms with Crippen LogP contribution >= 0.6 is 0 Å². The first-order chi connectivity index (χ1) is 25.5. The molecule has 4 aliphatic carbocycles. The number of unbranched alkanes of at least 4 members (excludes halogenated alkanes) is 1. The van der Waals surface area contributed by atoms with Gasteiger partial charge in [-0.15, -0.1) is 0 Å². The number of ether oxygens (including phenoxy) is 2. The Kier molecular flexibility index (Phi) is 9.58. The van der Waals surface area contributed by atoms with Crippen molar-refractivity contribution in [2.24, 2.45) is 17.8 Å². The summed E-state index contributed by atoms with van der Waals surface area (Å²) in [5.74, 6) is 3.85. The van der Waals surface area contributed by atoms with E-state index in [-0.39, 0.29) is 29.6 Å². The minimum absolute atomic E-state index is 0.0162. The van der Waals surface area contributed by atoms with Crippen molar-refractivity contribution in [3.63, 3.8) is 0 Å². The van der Waals surface area contributed by atoms with Gasteiger partial charge in [-0.25, -0.2) is 0 Å². The maximum Gasteiger partial charge on any atom is 0.222 e. The third kappa shape index (κ3) is 6.16. The molecule has 3 aromatic carbocycles. The van der Waals surface area contributed by atoms with Gasteiger partial charge in [-0.05, 0) is 79.7 Å². The van der Waals surface area contributed by atoms with Crippen LogP contribution in [-0.4, -0.2) is 71.8 Å². The molecule has 276 valence electrons. The van der Waals surface area contributed by atoms with Crippen molar-refractivity contribution in [2.75, 3.05) is 26.7 Å². The summed E-state index contributed by atoms with van der Waals surface area (Å²) in [5, 5.41) is 10.3. The second kappa shape index (κ2) is 14.5. The van der Waals surface area contributed by atoms with Crippen molar-refractivity contribution in [3.8, 4) is 11.5 Å². The van der Waals surface area contributed by atoms with E-state index in [0.717, 1.165) is 75.5 Å². The zero-order chi connectivity index (χ0) is 35.2. The molecule has 1 saturated heterocycles. The van der Waals surface area contributed by atoms with Gasteiger partial charge in [0.15, 0.2) is 11.5 Å². The maximum atomic E-state index is 14.9. The number of nitrogens with zero attached hydrogens (tertiary/aromatic N) is 2. The first-order valence-electron chi connectivity index (χ1n) is 20.7. The topological polar surface area (TPSA) is 62.2 Å². The van der Waals surface area contributed by atoms with Gasteiger partial charge in [0, 0.05) is 48.4 Å². The van der Waals surface area contributed by atoms with E-state index in [1.54, 1.807) is 7.11 Å². The van der Waals surface area contributed by atoms with E-state index >= 15 is 0 Å². The second-order valence-electron chi connectivity index (χ2n) is 17.2. The minimum atomic E-state index is -0.141. The lowest BCUT2D eigenvalue weighted by Gasteiger charge is -2.60. The van der Waals surface area contributed by atoms with Gasteiger partial charge in [-0.2, -0.15) is 0 Å². The highest BCUT2D eigenvalue weighted by atomic mass is 16.5. The van der Waals surface area contributed by atoms with Crippen molar-refractivity contribution in [1.82, 2.24) is 9.80 Å². The largest absolute Gasteiger partial charge is 0.493 e. The smallest absolute Gasteiger partial charge is 0.222 e. The van der Waals surface area contributed by atoms with Crippen LogP contribution in [0.15, 0.2) is 72.8 Å². The van der Waals surface area contributed by atoms with Gasteiger partial charge < -0.3 is 19.5 Å². The van der Waals surface area contributed by atoms with Crippen molar-refractivity contribution >= 4 is 5.91 Å². The van der Waals surface area contributed by atoms with E-state index < -0.39 is 0 Å². The minimum Gasteiger partial charge on any atom is -0.493 e. The zero-order valence-electron chi connectivity index (χ0n) is 31.1. The normalized spacial score (nSPS) is 30.4. The molecule has 6 nitrogen and oxygen atoms in total. The molecular weight excluding hydrogens is 645 g/mol. The third-order valence-electron chi connectivity index (χ3n) is 14.4. The van der Waals surface area contributed by atoms with E-state index in [4.69, 9.17) is 9.47 Å². The quantitative estimate of drug-likeness (QED) is 0.182.